The van der Waals surface area contributed by atoms with Crippen molar-refractivity contribution in [3.8, 4) is 5.75 Å². The van der Waals surface area contributed by atoms with Crippen LogP contribution in [-0.2, 0) is 17.3 Å². The number of ether oxygens (including phenoxy) is 1. The molecule has 0 aromatic heterocycles. The van der Waals surface area contributed by atoms with Crippen LogP contribution < -0.4 is 10.5 Å². The fourth-order valence-corrected chi connectivity index (χ4v) is 3.88. The maximum atomic E-state index is 6.29. The van der Waals surface area contributed by atoms with Gasteiger partial charge in [-0.3, -0.25) is 0 Å². The van der Waals surface area contributed by atoms with Gasteiger partial charge in [0.05, 0.1) is 7.11 Å². The first-order valence-electron chi connectivity index (χ1n) is 8.80. The van der Waals surface area contributed by atoms with Crippen LogP contribution in [0.3, 0.4) is 0 Å². The lowest BCUT2D eigenvalue weighted by molar-refractivity contribution is 0.285. The van der Waals surface area contributed by atoms with Gasteiger partial charge in [-0.25, -0.2) is 0 Å². The zero-order valence-electron chi connectivity index (χ0n) is 15.1. The SMILES string of the molecule is CCc1cc(C(C)(C)C)c(OC)c(C2(CN)CCCCC2)c1. The lowest BCUT2D eigenvalue weighted by Gasteiger charge is -2.39. The molecule has 2 rings (SSSR count). The summed E-state index contributed by atoms with van der Waals surface area (Å²) in [6, 6.07) is 4.70. The minimum Gasteiger partial charge on any atom is -0.496 e. The van der Waals surface area contributed by atoms with Gasteiger partial charge < -0.3 is 10.5 Å². The highest BCUT2D eigenvalue weighted by Crippen LogP contribution is 2.46. The first-order chi connectivity index (χ1) is 10.4. The van der Waals surface area contributed by atoms with E-state index in [0.717, 1.165) is 18.7 Å². The molecule has 2 heteroatoms. The van der Waals surface area contributed by atoms with E-state index in [0.29, 0.717) is 0 Å². The van der Waals surface area contributed by atoms with E-state index in [1.807, 2.05) is 7.11 Å². The zero-order valence-corrected chi connectivity index (χ0v) is 15.1. The van der Waals surface area contributed by atoms with E-state index in [1.54, 1.807) is 0 Å². The van der Waals surface area contributed by atoms with Gasteiger partial charge in [-0.2, -0.15) is 0 Å². The number of benzene rings is 1. The summed E-state index contributed by atoms with van der Waals surface area (Å²) in [7, 11) is 1.81. The molecule has 22 heavy (non-hydrogen) atoms. The van der Waals surface area contributed by atoms with Crippen LogP contribution in [0.25, 0.3) is 0 Å². The van der Waals surface area contributed by atoms with Crippen molar-refractivity contribution in [3.05, 3.63) is 28.8 Å². The lowest BCUT2D eigenvalue weighted by atomic mass is 9.67. The average Bonchev–Trinajstić information content (AvgIpc) is 2.53. The molecule has 0 amide bonds. The van der Waals surface area contributed by atoms with Crippen LogP contribution >= 0.6 is 0 Å². The summed E-state index contributed by atoms with van der Waals surface area (Å²) in [4.78, 5) is 0. The van der Waals surface area contributed by atoms with Crippen molar-refractivity contribution < 1.29 is 4.74 Å². The topological polar surface area (TPSA) is 35.2 Å². The summed E-state index contributed by atoms with van der Waals surface area (Å²) >= 11 is 0. The third kappa shape index (κ3) is 3.17. The standard InChI is InChI=1S/C20H33NO/c1-6-15-12-16(19(2,3)4)18(22-5)17(13-15)20(14-21)10-8-7-9-11-20/h12-13H,6-11,14,21H2,1-5H3. The van der Waals surface area contributed by atoms with Crippen LogP contribution in [-0.4, -0.2) is 13.7 Å². The molecule has 1 fully saturated rings. The Bertz CT molecular complexity index is 507. The molecule has 1 aromatic carbocycles. The van der Waals surface area contributed by atoms with Crippen molar-refractivity contribution in [2.75, 3.05) is 13.7 Å². The third-order valence-electron chi connectivity index (χ3n) is 5.34. The first-order valence-corrected chi connectivity index (χ1v) is 8.80. The quantitative estimate of drug-likeness (QED) is 0.874. The highest BCUT2D eigenvalue weighted by atomic mass is 16.5. The van der Waals surface area contributed by atoms with Crippen molar-refractivity contribution in [2.24, 2.45) is 5.73 Å². The van der Waals surface area contributed by atoms with Crippen molar-refractivity contribution in [2.45, 2.75) is 77.0 Å². The van der Waals surface area contributed by atoms with Crippen molar-refractivity contribution in [1.82, 2.24) is 0 Å². The van der Waals surface area contributed by atoms with Gasteiger partial charge in [0.15, 0.2) is 0 Å². The van der Waals surface area contributed by atoms with Gasteiger partial charge in [0, 0.05) is 23.1 Å². The van der Waals surface area contributed by atoms with E-state index >= 15 is 0 Å². The van der Waals surface area contributed by atoms with Crippen molar-refractivity contribution in [3.63, 3.8) is 0 Å². The fraction of sp³-hybridized carbons (Fsp3) is 0.700. The number of hydrogen-bond acceptors (Lipinski definition) is 2. The molecule has 2 N–H and O–H groups in total. The van der Waals surface area contributed by atoms with Gasteiger partial charge in [-0.1, -0.05) is 59.1 Å². The molecule has 0 saturated heterocycles. The minimum atomic E-state index is 0.0791. The second-order valence-corrected chi connectivity index (χ2v) is 7.87. The Hall–Kier alpha value is -1.02. The maximum absolute atomic E-state index is 6.29. The molecule has 1 aromatic rings. The minimum absolute atomic E-state index is 0.0791. The summed E-state index contributed by atoms with van der Waals surface area (Å²) in [5.74, 6) is 1.08. The predicted molar refractivity (Wildman–Crippen MR) is 94.9 cm³/mol. The Balaban J connectivity index is 2.67. The van der Waals surface area contributed by atoms with E-state index < -0.39 is 0 Å². The smallest absolute Gasteiger partial charge is 0.126 e. The van der Waals surface area contributed by atoms with Gasteiger partial charge in [-0.15, -0.1) is 0 Å². The molecule has 0 spiro atoms. The number of hydrogen-bond donors (Lipinski definition) is 1. The normalized spacial score (nSPS) is 18.3. The third-order valence-corrected chi connectivity index (χ3v) is 5.34. The first kappa shape index (κ1) is 17.3. The molecule has 0 bridgehead atoms. The Morgan fingerprint density at radius 1 is 1.14 bits per heavy atom. The highest BCUT2D eigenvalue weighted by molar-refractivity contribution is 5.52. The summed E-state index contributed by atoms with van der Waals surface area (Å²) in [5, 5.41) is 0. The van der Waals surface area contributed by atoms with Crippen LogP contribution in [0.2, 0.25) is 0 Å². The number of methoxy groups -OCH3 is 1. The Labute approximate surface area is 136 Å². The second kappa shape index (κ2) is 6.62. The second-order valence-electron chi connectivity index (χ2n) is 7.87. The van der Waals surface area contributed by atoms with Crippen LogP contribution in [0.1, 0.15) is 76.5 Å². The predicted octanol–water partition coefficient (Wildman–Crippen LogP) is 4.72. The summed E-state index contributed by atoms with van der Waals surface area (Å²) in [6.07, 6.45) is 7.33. The van der Waals surface area contributed by atoms with Crippen LogP contribution in [0.5, 0.6) is 5.75 Å². The van der Waals surface area contributed by atoms with E-state index in [2.05, 4.69) is 39.8 Å². The molecule has 0 heterocycles. The van der Waals surface area contributed by atoms with Crippen LogP contribution in [0.15, 0.2) is 12.1 Å². The Kier molecular flexibility index (Phi) is 5.21. The van der Waals surface area contributed by atoms with E-state index in [-0.39, 0.29) is 10.8 Å². The maximum Gasteiger partial charge on any atom is 0.126 e. The molecule has 2 nitrogen and oxygen atoms in total. The molecular weight excluding hydrogens is 270 g/mol. The molecule has 124 valence electrons. The molecule has 1 aliphatic carbocycles. The number of rotatable bonds is 4. The fourth-order valence-electron chi connectivity index (χ4n) is 3.88. The molecule has 0 atom stereocenters. The van der Waals surface area contributed by atoms with Gasteiger partial charge in [-0.05, 0) is 30.2 Å². The average molecular weight is 303 g/mol. The van der Waals surface area contributed by atoms with Gasteiger partial charge >= 0.3 is 0 Å². The molecule has 0 unspecified atom stereocenters. The highest BCUT2D eigenvalue weighted by Gasteiger charge is 2.37. The number of aryl methyl sites for hydroxylation is 1. The van der Waals surface area contributed by atoms with Gasteiger partial charge in [0.25, 0.3) is 0 Å². The molecule has 1 saturated carbocycles. The molecular formula is C20H33NO. The van der Waals surface area contributed by atoms with Crippen LogP contribution in [0, 0.1) is 0 Å². The van der Waals surface area contributed by atoms with Gasteiger partial charge in [0.1, 0.15) is 5.75 Å². The van der Waals surface area contributed by atoms with E-state index in [1.165, 1.54) is 48.8 Å². The number of nitrogens with two attached hydrogens (primary N) is 1. The zero-order chi connectivity index (χ0) is 16.4. The Morgan fingerprint density at radius 2 is 1.77 bits per heavy atom. The molecule has 0 aliphatic heterocycles. The summed E-state index contributed by atoms with van der Waals surface area (Å²) in [6.45, 7) is 9.76. The largest absolute Gasteiger partial charge is 0.496 e. The lowest BCUT2D eigenvalue weighted by Crippen LogP contribution is -2.38. The summed E-state index contributed by atoms with van der Waals surface area (Å²) < 4.78 is 5.93. The van der Waals surface area contributed by atoms with Gasteiger partial charge in [0.2, 0.25) is 0 Å². The monoisotopic (exact) mass is 303 g/mol. The molecule has 0 radical (unpaired) electrons. The Morgan fingerprint density at radius 3 is 2.23 bits per heavy atom. The van der Waals surface area contributed by atoms with E-state index in [4.69, 9.17) is 10.5 Å². The van der Waals surface area contributed by atoms with Crippen molar-refractivity contribution >= 4 is 0 Å². The van der Waals surface area contributed by atoms with Crippen LogP contribution in [0.4, 0.5) is 0 Å². The summed E-state index contributed by atoms with van der Waals surface area (Å²) in [5.41, 5.74) is 10.6. The van der Waals surface area contributed by atoms with Crippen molar-refractivity contribution in [1.29, 1.82) is 0 Å². The molecule has 1 aliphatic rings. The van der Waals surface area contributed by atoms with E-state index in [9.17, 15) is 0 Å².